The van der Waals surface area contributed by atoms with E-state index >= 15 is 0 Å². The lowest BCUT2D eigenvalue weighted by molar-refractivity contribution is -0.287. The van der Waals surface area contributed by atoms with E-state index in [1.807, 2.05) is 24.3 Å². The van der Waals surface area contributed by atoms with Crippen LogP contribution in [-0.2, 0) is 25.5 Å². The third-order valence-corrected chi connectivity index (χ3v) is 5.98. The van der Waals surface area contributed by atoms with E-state index in [4.69, 9.17) is 21.1 Å². The van der Waals surface area contributed by atoms with Gasteiger partial charge >= 0.3 is 5.97 Å². The number of halogens is 1. The molecule has 0 unspecified atom stereocenters. The Bertz CT molecular complexity index is 1020. The molecule has 3 aromatic rings. The monoisotopic (exact) mass is 392 g/mol. The molecule has 0 atom stereocenters. The molecule has 140 valence electrons. The summed E-state index contributed by atoms with van der Waals surface area (Å²) in [5.41, 5.74) is 4.37. The van der Waals surface area contributed by atoms with Crippen molar-refractivity contribution < 1.29 is 19.4 Å². The SMILES string of the molecule is O=C(O)C1(c2ccc(Cl)cc2)OCC2(CO1)c1ccccc1-c1ccccc12. The van der Waals surface area contributed by atoms with Crippen molar-refractivity contribution >= 4 is 17.6 Å². The number of carboxylic acid groups (broad SMARTS) is 1. The number of hydrogen-bond acceptors (Lipinski definition) is 3. The van der Waals surface area contributed by atoms with Gasteiger partial charge in [0.15, 0.2) is 0 Å². The topological polar surface area (TPSA) is 55.8 Å². The van der Waals surface area contributed by atoms with E-state index in [0.29, 0.717) is 10.6 Å². The standard InChI is InChI=1S/C23H17ClO4/c24-16-11-9-15(10-12-16)23(21(25)26)27-13-22(14-28-23)19-7-3-1-5-17(19)18-6-2-4-8-20(18)22/h1-12H,13-14H2,(H,25,26). The highest BCUT2D eigenvalue weighted by atomic mass is 35.5. The molecule has 0 aromatic heterocycles. The molecule has 1 aliphatic carbocycles. The molecule has 1 aliphatic heterocycles. The Morgan fingerprint density at radius 3 is 1.82 bits per heavy atom. The first-order valence-electron chi connectivity index (χ1n) is 9.04. The van der Waals surface area contributed by atoms with E-state index in [2.05, 4.69) is 24.3 Å². The van der Waals surface area contributed by atoms with E-state index in [9.17, 15) is 9.90 Å². The quantitative estimate of drug-likeness (QED) is 0.693. The molecule has 3 aromatic carbocycles. The molecule has 0 radical (unpaired) electrons. The maximum absolute atomic E-state index is 12.2. The van der Waals surface area contributed by atoms with Crippen LogP contribution in [0, 0.1) is 0 Å². The molecular formula is C23H17ClO4. The Kier molecular flexibility index (Phi) is 3.85. The molecule has 0 bridgehead atoms. The van der Waals surface area contributed by atoms with Gasteiger partial charge in [0, 0.05) is 10.6 Å². The summed E-state index contributed by atoms with van der Waals surface area (Å²) in [5, 5.41) is 10.5. The van der Waals surface area contributed by atoms with Crippen LogP contribution in [0.2, 0.25) is 5.02 Å². The van der Waals surface area contributed by atoms with E-state index in [1.165, 1.54) is 0 Å². The molecule has 1 heterocycles. The first-order chi connectivity index (χ1) is 13.6. The van der Waals surface area contributed by atoms with Crippen LogP contribution >= 0.6 is 11.6 Å². The fourth-order valence-corrected chi connectivity index (χ4v) is 4.47. The molecule has 4 nitrogen and oxygen atoms in total. The second-order valence-electron chi connectivity index (χ2n) is 7.18. The number of fused-ring (bicyclic) bond motifs is 5. The van der Waals surface area contributed by atoms with E-state index < -0.39 is 17.2 Å². The molecule has 1 spiro atoms. The largest absolute Gasteiger partial charge is 0.477 e. The van der Waals surface area contributed by atoms with Crippen molar-refractivity contribution in [1.82, 2.24) is 0 Å². The lowest BCUT2D eigenvalue weighted by Crippen LogP contribution is -2.53. The van der Waals surface area contributed by atoms with Gasteiger partial charge in [-0.05, 0) is 34.4 Å². The second kappa shape index (κ2) is 6.17. The molecule has 5 rings (SSSR count). The highest BCUT2D eigenvalue weighted by Gasteiger charge is 2.55. The van der Waals surface area contributed by atoms with Gasteiger partial charge in [0.25, 0.3) is 5.79 Å². The van der Waals surface area contributed by atoms with Crippen molar-refractivity contribution in [3.63, 3.8) is 0 Å². The fraction of sp³-hybridized carbons (Fsp3) is 0.174. The average Bonchev–Trinajstić information content (AvgIpc) is 3.00. The van der Waals surface area contributed by atoms with Gasteiger partial charge in [-0.2, -0.15) is 0 Å². The highest BCUT2D eigenvalue weighted by molar-refractivity contribution is 6.30. The lowest BCUT2D eigenvalue weighted by atomic mass is 9.78. The summed E-state index contributed by atoms with van der Waals surface area (Å²) in [4.78, 5) is 12.2. The molecule has 5 heteroatoms. The Labute approximate surface area is 167 Å². The van der Waals surface area contributed by atoms with Crippen LogP contribution in [0.3, 0.4) is 0 Å². The predicted molar refractivity (Wildman–Crippen MR) is 105 cm³/mol. The summed E-state index contributed by atoms with van der Waals surface area (Å²) in [6, 6.07) is 22.8. The van der Waals surface area contributed by atoms with Crippen molar-refractivity contribution in [3.8, 4) is 11.1 Å². The van der Waals surface area contributed by atoms with E-state index in [-0.39, 0.29) is 13.2 Å². The minimum atomic E-state index is -1.84. The number of benzene rings is 3. The highest BCUT2D eigenvalue weighted by Crippen LogP contribution is 2.52. The average molecular weight is 393 g/mol. The van der Waals surface area contributed by atoms with Crippen LogP contribution in [0.5, 0.6) is 0 Å². The number of ether oxygens (including phenoxy) is 2. The first-order valence-corrected chi connectivity index (χ1v) is 9.41. The summed E-state index contributed by atoms with van der Waals surface area (Å²) >= 11 is 5.96. The molecule has 1 fully saturated rings. The van der Waals surface area contributed by atoms with Crippen molar-refractivity contribution in [1.29, 1.82) is 0 Å². The zero-order valence-corrected chi connectivity index (χ0v) is 15.6. The predicted octanol–water partition coefficient (Wildman–Crippen LogP) is 4.59. The number of carbonyl (C=O) groups is 1. The first kappa shape index (κ1) is 17.4. The summed E-state index contributed by atoms with van der Waals surface area (Å²) in [6.07, 6.45) is 0. The molecule has 1 N–H and O–H groups in total. The molecular weight excluding hydrogens is 376 g/mol. The molecule has 2 aliphatic rings. The number of hydrogen-bond donors (Lipinski definition) is 1. The molecule has 0 saturated carbocycles. The maximum atomic E-state index is 12.2. The second-order valence-corrected chi connectivity index (χ2v) is 7.62. The van der Waals surface area contributed by atoms with Crippen LogP contribution in [-0.4, -0.2) is 24.3 Å². The summed E-state index contributed by atoms with van der Waals surface area (Å²) in [6.45, 7) is 0.409. The van der Waals surface area contributed by atoms with Crippen molar-refractivity contribution in [3.05, 3.63) is 94.5 Å². The third kappa shape index (κ3) is 2.29. The van der Waals surface area contributed by atoms with E-state index in [0.717, 1.165) is 22.3 Å². The molecule has 1 saturated heterocycles. The van der Waals surface area contributed by atoms with Gasteiger partial charge in [0.2, 0.25) is 0 Å². The van der Waals surface area contributed by atoms with Crippen LogP contribution in [0.4, 0.5) is 0 Å². The Balaban J connectivity index is 1.60. The number of carboxylic acids is 1. The zero-order chi connectivity index (χ0) is 19.4. The number of rotatable bonds is 2. The van der Waals surface area contributed by atoms with Crippen molar-refractivity contribution in [2.45, 2.75) is 11.2 Å². The Hall–Kier alpha value is -2.66. The summed E-state index contributed by atoms with van der Waals surface area (Å²) < 4.78 is 12.1. The van der Waals surface area contributed by atoms with Gasteiger partial charge in [-0.25, -0.2) is 4.79 Å². The van der Waals surface area contributed by atoms with E-state index in [1.54, 1.807) is 24.3 Å². The molecule has 28 heavy (non-hydrogen) atoms. The molecule has 0 amide bonds. The normalized spacial score (nSPS) is 18.5. The fourth-order valence-electron chi connectivity index (χ4n) is 4.34. The van der Waals surface area contributed by atoms with Crippen LogP contribution < -0.4 is 0 Å². The number of aliphatic carboxylic acids is 1. The lowest BCUT2D eigenvalue weighted by Gasteiger charge is -2.43. The smallest absolute Gasteiger partial charge is 0.369 e. The summed E-state index contributed by atoms with van der Waals surface area (Å²) in [7, 11) is 0. The third-order valence-electron chi connectivity index (χ3n) is 5.72. The Morgan fingerprint density at radius 1 is 0.821 bits per heavy atom. The Morgan fingerprint density at radius 2 is 1.32 bits per heavy atom. The van der Waals surface area contributed by atoms with Gasteiger partial charge in [0.1, 0.15) is 0 Å². The van der Waals surface area contributed by atoms with Gasteiger partial charge in [0.05, 0.1) is 18.6 Å². The van der Waals surface area contributed by atoms with Gasteiger partial charge in [-0.15, -0.1) is 0 Å². The minimum Gasteiger partial charge on any atom is -0.477 e. The van der Waals surface area contributed by atoms with Crippen molar-refractivity contribution in [2.24, 2.45) is 0 Å². The van der Waals surface area contributed by atoms with Crippen LogP contribution in [0.25, 0.3) is 11.1 Å². The van der Waals surface area contributed by atoms with Gasteiger partial charge in [-0.1, -0.05) is 72.3 Å². The van der Waals surface area contributed by atoms with Crippen molar-refractivity contribution in [2.75, 3.05) is 13.2 Å². The minimum absolute atomic E-state index is 0.204. The van der Waals surface area contributed by atoms with Crippen LogP contribution in [0.15, 0.2) is 72.8 Å². The van der Waals surface area contributed by atoms with Crippen LogP contribution in [0.1, 0.15) is 16.7 Å². The van der Waals surface area contributed by atoms with Gasteiger partial charge in [-0.3, -0.25) is 0 Å². The zero-order valence-electron chi connectivity index (χ0n) is 14.9. The summed E-state index contributed by atoms with van der Waals surface area (Å²) in [5.74, 6) is -3.02. The van der Waals surface area contributed by atoms with Gasteiger partial charge < -0.3 is 14.6 Å². The maximum Gasteiger partial charge on any atom is 0.369 e.